The van der Waals surface area contributed by atoms with Crippen LogP contribution in [0.15, 0.2) is 42.6 Å². The molecule has 1 fully saturated rings. The highest BCUT2D eigenvalue weighted by molar-refractivity contribution is 5.97. The van der Waals surface area contributed by atoms with Crippen LogP contribution in [0, 0.1) is 23.7 Å². The van der Waals surface area contributed by atoms with Crippen LogP contribution >= 0.6 is 0 Å². The molecule has 2 aliphatic heterocycles. The van der Waals surface area contributed by atoms with E-state index in [1.165, 1.54) is 0 Å². The van der Waals surface area contributed by atoms with Gasteiger partial charge in [0.15, 0.2) is 0 Å². The molecule has 8 nitrogen and oxygen atoms in total. The van der Waals surface area contributed by atoms with E-state index in [4.69, 9.17) is 9.47 Å². The van der Waals surface area contributed by atoms with E-state index in [0.717, 1.165) is 18.4 Å². The van der Waals surface area contributed by atoms with Crippen molar-refractivity contribution in [3.63, 3.8) is 0 Å². The Kier molecular flexibility index (Phi) is 9.38. The van der Waals surface area contributed by atoms with Crippen LogP contribution in [0.3, 0.4) is 0 Å². The Morgan fingerprint density at radius 1 is 1.26 bits per heavy atom. The van der Waals surface area contributed by atoms with Crippen molar-refractivity contribution in [1.82, 2.24) is 14.8 Å². The van der Waals surface area contributed by atoms with Crippen molar-refractivity contribution >= 4 is 11.8 Å². The van der Waals surface area contributed by atoms with Gasteiger partial charge in [0, 0.05) is 56.8 Å². The van der Waals surface area contributed by atoms with Gasteiger partial charge >= 0.3 is 0 Å². The summed E-state index contributed by atoms with van der Waals surface area (Å²) in [5, 5.41) is 9.88. The third-order valence-corrected chi connectivity index (χ3v) is 7.29. The Balaban J connectivity index is 1.58. The summed E-state index contributed by atoms with van der Waals surface area (Å²) in [4.78, 5) is 34.6. The lowest BCUT2D eigenvalue weighted by Gasteiger charge is -2.38. The zero-order chi connectivity index (χ0) is 27.1. The van der Waals surface area contributed by atoms with Crippen molar-refractivity contribution in [2.45, 2.75) is 45.3 Å². The van der Waals surface area contributed by atoms with Crippen molar-refractivity contribution < 1.29 is 24.2 Å². The number of rotatable bonds is 6. The van der Waals surface area contributed by atoms with E-state index in [-0.39, 0.29) is 48.3 Å². The number of hydrogen-bond acceptors (Lipinski definition) is 6. The number of nitrogens with zero attached hydrogens (tertiary/aromatic N) is 3. The van der Waals surface area contributed by atoms with Crippen molar-refractivity contribution in [3.05, 3.63) is 59.3 Å². The Hall–Kier alpha value is -3.41. The molecule has 4 rings (SSSR count). The molecule has 8 heteroatoms. The van der Waals surface area contributed by atoms with E-state index in [1.807, 2.05) is 44.2 Å². The lowest BCUT2D eigenvalue weighted by molar-refractivity contribution is -0.138. The normalized spacial score (nSPS) is 20.7. The van der Waals surface area contributed by atoms with Crippen LogP contribution in [0.25, 0.3) is 0 Å². The SMILES string of the molecule is C[C@H](CO)N1C[C@H](C)[C@H](CN(C)C(=O)C2CCOCC2)Oc2ncc(C#CCc3ccccc3)cc2C1=O. The molecule has 0 unspecified atom stereocenters. The highest BCUT2D eigenvalue weighted by atomic mass is 16.5. The van der Waals surface area contributed by atoms with Gasteiger partial charge in [0.05, 0.1) is 19.2 Å². The third kappa shape index (κ3) is 6.72. The van der Waals surface area contributed by atoms with Crippen LogP contribution in [0.4, 0.5) is 0 Å². The van der Waals surface area contributed by atoms with Gasteiger partial charge in [0.25, 0.3) is 5.91 Å². The number of likely N-dealkylation sites (N-methyl/N-ethyl adjacent to an activating group) is 1. The van der Waals surface area contributed by atoms with E-state index >= 15 is 0 Å². The van der Waals surface area contributed by atoms with Gasteiger partial charge in [0.1, 0.15) is 11.7 Å². The van der Waals surface area contributed by atoms with E-state index in [0.29, 0.717) is 43.9 Å². The number of carbonyl (C=O) groups excluding carboxylic acids is 2. The van der Waals surface area contributed by atoms with Gasteiger partial charge < -0.3 is 24.4 Å². The molecule has 0 bridgehead atoms. The largest absolute Gasteiger partial charge is 0.472 e. The molecule has 38 heavy (non-hydrogen) atoms. The minimum atomic E-state index is -0.383. The number of aliphatic hydroxyl groups excluding tert-OH is 1. The second-order valence-corrected chi connectivity index (χ2v) is 10.3. The number of aliphatic hydroxyl groups is 1. The molecule has 0 saturated carbocycles. The molecule has 0 radical (unpaired) electrons. The molecule has 3 atom stereocenters. The Labute approximate surface area is 224 Å². The maximum Gasteiger partial charge on any atom is 0.259 e. The number of ether oxygens (including phenoxy) is 2. The quantitative estimate of drug-likeness (QED) is 0.590. The molecule has 202 valence electrons. The molecule has 3 heterocycles. The number of aromatic nitrogens is 1. The van der Waals surface area contributed by atoms with Gasteiger partial charge in [-0.05, 0) is 31.4 Å². The zero-order valence-electron chi connectivity index (χ0n) is 22.4. The molecule has 0 spiro atoms. The summed E-state index contributed by atoms with van der Waals surface area (Å²) in [6, 6.07) is 11.3. The molecule has 2 aliphatic rings. The van der Waals surface area contributed by atoms with Crippen molar-refractivity contribution in [2.75, 3.05) is 40.0 Å². The molecular formula is C30H37N3O5. The Morgan fingerprint density at radius 3 is 2.71 bits per heavy atom. The lowest BCUT2D eigenvalue weighted by Crippen LogP contribution is -2.51. The molecule has 1 aromatic heterocycles. The maximum absolute atomic E-state index is 13.6. The molecular weight excluding hydrogens is 482 g/mol. The Morgan fingerprint density at radius 2 is 2.00 bits per heavy atom. The first kappa shape index (κ1) is 27.6. The number of benzene rings is 1. The number of fused-ring (bicyclic) bond motifs is 1. The monoisotopic (exact) mass is 519 g/mol. The maximum atomic E-state index is 13.6. The number of pyridine rings is 1. The van der Waals surface area contributed by atoms with Gasteiger partial charge in [-0.25, -0.2) is 4.98 Å². The topological polar surface area (TPSA) is 92.2 Å². The third-order valence-electron chi connectivity index (χ3n) is 7.29. The second kappa shape index (κ2) is 12.9. The fraction of sp³-hybridized carbons (Fsp3) is 0.500. The molecule has 1 saturated heterocycles. The molecule has 2 amide bonds. The molecule has 1 aromatic carbocycles. The highest BCUT2D eigenvalue weighted by Crippen LogP contribution is 2.28. The second-order valence-electron chi connectivity index (χ2n) is 10.3. The summed E-state index contributed by atoms with van der Waals surface area (Å²) in [6.07, 6.45) is 3.26. The van der Waals surface area contributed by atoms with Gasteiger partial charge in [-0.2, -0.15) is 0 Å². The van der Waals surface area contributed by atoms with Gasteiger partial charge in [-0.15, -0.1) is 0 Å². The zero-order valence-corrected chi connectivity index (χ0v) is 22.4. The average molecular weight is 520 g/mol. The fourth-order valence-corrected chi connectivity index (χ4v) is 4.85. The highest BCUT2D eigenvalue weighted by Gasteiger charge is 2.35. The van der Waals surface area contributed by atoms with Gasteiger partial charge in [0.2, 0.25) is 11.8 Å². The first-order valence-corrected chi connectivity index (χ1v) is 13.3. The summed E-state index contributed by atoms with van der Waals surface area (Å²) >= 11 is 0. The smallest absolute Gasteiger partial charge is 0.259 e. The number of carbonyl (C=O) groups is 2. The van der Waals surface area contributed by atoms with Crippen molar-refractivity contribution in [2.24, 2.45) is 11.8 Å². The summed E-state index contributed by atoms with van der Waals surface area (Å²) in [5.74, 6) is 6.17. The van der Waals surface area contributed by atoms with Crippen LogP contribution in [-0.2, 0) is 16.0 Å². The first-order valence-electron chi connectivity index (χ1n) is 13.3. The lowest BCUT2D eigenvalue weighted by atomic mass is 9.97. The molecule has 2 aromatic rings. The minimum Gasteiger partial charge on any atom is -0.472 e. The molecule has 0 aliphatic carbocycles. The van der Waals surface area contributed by atoms with E-state index < -0.39 is 0 Å². The predicted octanol–water partition coefficient (Wildman–Crippen LogP) is 2.78. The van der Waals surface area contributed by atoms with Crippen LogP contribution in [0.5, 0.6) is 5.88 Å². The van der Waals surface area contributed by atoms with Crippen LogP contribution in [0.1, 0.15) is 48.2 Å². The van der Waals surface area contributed by atoms with E-state index in [2.05, 4.69) is 16.8 Å². The first-order chi connectivity index (χ1) is 18.4. The van der Waals surface area contributed by atoms with Crippen LogP contribution in [0.2, 0.25) is 0 Å². The van der Waals surface area contributed by atoms with E-state index in [1.54, 1.807) is 29.1 Å². The average Bonchev–Trinajstić information content (AvgIpc) is 2.95. The van der Waals surface area contributed by atoms with E-state index in [9.17, 15) is 14.7 Å². The summed E-state index contributed by atoms with van der Waals surface area (Å²) in [7, 11) is 1.80. The predicted molar refractivity (Wildman–Crippen MR) is 144 cm³/mol. The number of amides is 2. The van der Waals surface area contributed by atoms with Crippen molar-refractivity contribution in [1.29, 1.82) is 0 Å². The van der Waals surface area contributed by atoms with Gasteiger partial charge in [-0.1, -0.05) is 49.1 Å². The molecule has 1 N–H and O–H groups in total. The summed E-state index contributed by atoms with van der Waals surface area (Å²) in [6.45, 7) is 5.61. The fourth-order valence-electron chi connectivity index (χ4n) is 4.85. The standard InChI is InChI=1S/C30H37N3O5/c1-21-18-33(22(2)20-34)30(36)26-16-24(11-7-10-23-8-5-4-6-9-23)17-31-28(26)38-27(21)19-32(3)29(35)25-12-14-37-15-13-25/h4-6,8-9,16-17,21-22,25,27,34H,10,12-15,18-20H2,1-3H3/t21-,22+,27-/m0/s1. The summed E-state index contributed by atoms with van der Waals surface area (Å²) in [5.41, 5.74) is 2.04. The summed E-state index contributed by atoms with van der Waals surface area (Å²) < 4.78 is 11.7. The Bertz CT molecular complexity index is 1170. The van der Waals surface area contributed by atoms with Crippen LogP contribution < -0.4 is 4.74 Å². The van der Waals surface area contributed by atoms with Crippen LogP contribution in [-0.4, -0.2) is 83.8 Å². The van der Waals surface area contributed by atoms with Crippen molar-refractivity contribution in [3.8, 4) is 17.7 Å². The number of hydrogen-bond donors (Lipinski definition) is 1. The van der Waals surface area contributed by atoms with Gasteiger partial charge in [-0.3, -0.25) is 9.59 Å². The minimum absolute atomic E-state index is 0.0486.